The molecule has 2 N–H and O–H groups in total. The molecular formula is C34H32N4NiO4. The van der Waals surface area contributed by atoms with E-state index < -0.39 is 0 Å². The zero-order valence-corrected chi connectivity index (χ0v) is 24.8. The summed E-state index contributed by atoms with van der Waals surface area (Å²) in [7, 11) is 0. The number of nitrogens with zero attached hydrogens (tertiary/aromatic N) is 2. The van der Waals surface area contributed by atoms with Crippen LogP contribution in [0.1, 0.15) is 49.9 Å². The van der Waals surface area contributed by atoms with Gasteiger partial charge in [0, 0.05) is 65.7 Å². The summed E-state index contributed by atoms with van der Waals surface area (Å²) in [6, 6.07) is 19.5. The van der Waals surface area contributed by atoms with Crippen molar-refractivity contribution in [1.82, 2.24) is 20.9 Å². The van der Waals surface area contributed by atoms with Gasteiger partial charge in [-0.25, -0.2) is 10.0 Å². The van der Waals surface area contributed by atoms with Crippen LogP contribution in [0.15, 0.2) is 132 Å². The van der Waals surface area contributed by atoms with Crippen molar-refractivity contribution in [2.75, 3.05) is 0 Å². The maximum atomic E-state index is 12.0. The molecule has 0 radical (unpaired) electrons. The molecule has 2 aliphatic heterocycles. The largest absolute Gasteiger partial charge is 0.299 e. The van der Waals surface area contributed by atoms with Gasteiger partial charge in [0.25, 0.3) is 0 Å². The first kappa shape index (κ1) is 31.2. The fraction of sp³-hybridized carbons (Fsp3) is 0.176. The zero-order valence-electron chi connectivity index (χ0n) is 23.8. The summed E-state index contributed by atoms with van der Waals surface area (Å²) in [6.07, 6.45) is 15.0. The Morgan fingerprint density at radius 2 is 0.953 bits per heavy atom. The van der Waals surface area contributed by atoms with Gasteiger partial charge in [0.1, 0.15) is 0 Å². The monoisotopic (exact) mass is 618 g/mol. The van der Waals surface area contributed by atoms with E-state index in [9.17, 15) is 19.2 Å². The van der Waals surface area contributed by atoms with Crippen LogP contribution in [-0.2, 0) is 35.7 Å². The van der Waals surface area contributed by atoms with Crippen molar-refractivity contribution in [3.63, 3.8) is 0 Å². The van der Waals surface area contributed by atoms with Gasteiger partial charge in [0.15, 0.2) is 11.6 Å². The first-order chi connectivity index (χ1) is 20.3. The Bertz CT molecular complexity index is 1470. The van der Waals surface area contributed by atoms with E-state index in [1.54, 1.807) is 34.3 Å². The molecule has 4 aliphatic rings. The molecule has 9 heteroatoms. The number of ketones is 2. The van der Waals surface area contributed by atoms with Gasteiger partial charge in [-0.05, 0) is 35.4 Å². The van der Waals surface area contributed by atoms with Gasteiger partial charge in [-0.1, -0.05) is 85.0 Å². The van der Waals surface area contributed by atoms with Gasteiger partial charge in [0.05, 0.1) is 12.1 Å². The van der Waals surface area contributed by atoms with Crippen LogP contribution in [0.4, 0.5) is 0 Å². The van der Waals surface area contributed by atoms with E-state index in [1.165, 1.54) is 26.0 Å². The molecule has 6 rings (SSSR count). The van der Waals surface area contributed by atoms with Crippen molar-refractivity contribution in [2.45, 2.75) is 38.8 Å². The molecule has 0 spiro atoms. The van der Waals surface area contributed by atoms with Gasteiger partial charge in [-0.2, -0.15) is 0 Å². The van der Waals surface area contributed by atoms with Crippen molar-refractivity contribution in [2.24, 2.45) is 0 Å². The van der Waals surface area contributed by atoms with E-state index in [-0.39, 0.29) is 52.0 Å². The predicted molar refractivity (Wildman–Crippen MR) is 160 cm³/mol. The SMILES string of the molecule is CC(=O)N1N/C(=C2/C=CC=CC2=O)CC1c1ccccc1.CC(=O)N1N/C(=C2/C=CC=CC2=O)CC1c1ccccc1.[Ni]. The molecule has 222 valence electrons. The number of rotatable bonds is 2. The number of amides is 2. The minimum absolute atomic E-state index is 0. The summed E-state index contributed by atoms with van der Waals surface area (Å²) in [5.41, 5.74) is 11.1. The standard InChI is InChI=1S/2C17H16N2O2.Ni/c2*1-12(20)19-16(13-7-3-2-4-8-13)11-15(18-19)14-9-5-6-10-17(14)21;/h2*2-10,16,18H,11H2,1H3;/b2*15-14-;. The first-order valence-corrected chi connectivity index (χ1v) is 13.8. The normalized spacial score (nSPS) is 23.8. The Morgan fingerprint density at radius 3 is 1.28 bits per heavy atom. The van der Waals surface area contributed by atoms with E-state index in [0.29, 0.717) is 24.0 Å². The van der Waals surface area contributed by atoms with Gasteiger partial charge in [-0.15, -0.1) is 0 Å². The van der Waals surface area contributed by atoms with Crippen LogP contribution >= 0.6 is 0 Å². The van der Waals surface area contributed by atoms with Gasteiger partial charge in [0.2, 0.25) is 11.8 Å². The van der Waals surface area contributed by atoms with Crippen molar-refractivity contribution in [1.29, 1.82) is 0 Å². The Kier molecular flexibility index (Phi) is 10.1. The smallest absolute Gasteiger partial charge is 0.238 e. The van der Waals surface area contributed by atoms with Crippen LogP contribution in [0.5, 0.6) is 0 Å². The third-order valence-corrected chi connectivity index (χ3v) is 7.40. The average Bonchev–Trinajstić information content (AvgIpc) is 3.65. The summed E-state index contributed by atoms with van der Waals surface area (Å²) in [5.74, 6) is -0.195. The van der Waals surface area contributed by atoms with Crippen LogP contribution in [0.3, 0.4) is 0 Å². The molecule has 2 aromatic carbocycles. The number of carbonyl (C=O) groups excluding carboxylic acids is 4. The van der Waals surface area contributed by atoms with Crippen molar-refractivity contribution >= 4 is 23.4 Å². The quantitative estimate of drug-likeness (QED) is 0.368. The summed E-state index contributed by atoms with van der Waals surface area (Å²) in [4.78, 5) is 47.7. The maximum absolute atomic E-state index is 12.0. The predicted octanol–water partition coefficient (Wildman–Crippen LogP) is 4.86. The molecular weight excluding hydrogens is 587 g/mol. The van der Waals surface area contributed by atoms with Gasteiger partial charge < -0.3 is 0 Å². The average molecular weight is 619 g/mol. The molecule has 2 fully saturated rings. The molecule has 2 aliphatic carbocycles. The number of hydrazine groups is 2. The molecule has 2 atom stereocenters. The van der Waals surface area contributed by atoms with E-state index in [1.807, 2.05) is 72.8 Å². The number of nitrogens with one attached hydrogen (secondary N) is 2. The van der Waals surface area contributed by atoms with Gasteiger partial charge in [-0.3, -0.25) is 30.0 Å². The second kappa shape index (κ2) is 13.9. The van der Waals surface area contributed by atoms with Crippen LogP contribution in [-0.4, -0.2) is 33.4 Å². The molecule has 0 bridgehead atoms. The Morgan fingerprint density at radius 1 is 0.605 bits per heavy atom. The Hall–Kier alpha value is -4.75. The molecule has 2 amide bonds. The third-order valence-electron chi connectivity index (χ3n) is 7.40. The second-order valence-electron chi connectivity index (χ2n) is 10.2. The number of benzene rings is 2. The number of hydrogen-bond donors (Lipinski definition) is 2. The van der Waals surface area contributed by atoms with E-state index in [2.05, 4.69) is 10.9 Å². The van der Waals surface area contributed by atoms with Crippen LogP contribution in [0.25, 0.3) is 0 Å². The summed E-state index contributed by atoms with van der Waals surface area (Å²) >= 11 is 0. The van der Waals surface area contributed by atoms with Crippen LogP contribution in [0.2, 0.25) is 0 Å². The zero-order chi connectivity index (χ0) is 29.6. The molecule has 2 unspecified atom stereocenters. The van der Waals surface area contributed by atoms with E-state index >= 15 is 0 Å². The maximum Gasteiger partial charge on any atom is 0.238 e. The van der Waals surface area contributed by atoms with Gasteiger partial charge >= 0.3 is 0 Å². The minimum atomic E-state index is -0.0849. The van der Waals surface area contributed by atoms with E-state index in [4.69, 9.17) is 0 Å². The summed E-state index contributed by atoms with van der Waals surface area (Å²) in [6.45, 7) is 3.05. The minimum Gasteiger partial charge on any atom is -0.299 e. The fourth-order valence-corrected chi connectivity index (χ4v) is 5.36. The molecule has 0 saturated carbocycles. The second-order valence-corrected chi connectivity index (χ2v) is 10.2. The van der Waals surface area contributed by atoms with E-state index in [0.717, 1.165) is 22.5 Å². The molecule has 2 saturated heterocycles. The number of allylic oxidation sites excluding steroid dienone is 10. The topological polar surface area (TPSA) is 98.8 Å². The van der Waals surface area contributed by atoms with Crippen LogP contribution in [0, 0.1) is 0 Å². The Labute approximate surface area is 261 Å². The molecule has 43 heavy (non-hydrogen) atoms. The third kappa shape index (κ3) is 7.01. The number of carbonyl (C=O) groups is 4. The molecule has 2 heterocycles. The molecule has 8 nitrogen and oxygen atoms in total. The van der Waals surface area contributed by atoms with Crippen molar-refractivity contribution in [3.8, 4) is 0 Å². The van der Waals surface area contributed by atoms with Crippen molar-refractivity contribution in [3.05, 3.63) is 143 Å². The Balaban J connectivity index is 0.000000192. The first-order valence-electron chi connectivity index (χ1n) is 13.8. The summed E-state index contributed by atoms with van der Waals surface area (Å²) in [5, 5.41) is 3.19. The van der Waals surface area contributed by atoms with Crippen LogP contribution < -0.4 is 10.9 Å². The summed E-state index contributed by atoms with van der Waals surface area (Å²) < 4.78 is 0. The fourth-order valence-electron chi connectivity index (χ4n) is 5.36. The number of hydrogen-bond acceptors (Lipinski definition) is 6. The molecule has 0 aromatic heterocycles. The molecule has 2 aromatic rings. The van der Waals surface area contributed by atoms with Crippen molar-refractivity contribution < 1.29 is 35.7 Å².